The standard InChI is InChI=1S/C15H14N2/c1-11-6-2-4-8-13(11)15-14-9-5-3-7-12(14)10-16-17-15/h2-10,15,17H,1H3. The second-order valence-electron chi connectivity index (χ2n) is 4.31. The molecule has 1 unspecified atom stereocenters. The van der Waals surface area contributed by atoms with Crippen molar-refractivity contribution < 1.29 is 0 Å². The highest BCUT2D eigenvalue weighted by molar-refractivity contribution is 5.83. The number of rotatable bonds is 1. The summed E-state index contributed by atoms with van der Waals surface area (Å²) in [6.07, 6.45) is 1.88. The van der Waals surface area contributed by atoms with Crippen molar-refractivity contribution in [3.05, 3.63) is 70.8 Å². The van der Waals surface area contributed by atoms with Gasteiger partial charge in [-0.2, -0.15) is 5.10 Å². The average Bonchev–Trinajstić information content (AvgIpc) is 2.39. The molecule has 2 aromatic rings. The predicted molar refractivity (Wildman–Crippen MR) is 70.2 cm³/mol. The van der Waals surface area contributed by atoms with E-state index in [9.17, 15) is 0 Å². The van der Waals surface area contributed by atoms with Gasteiger partial charge in [-0.05, 0) is 23.6 Å². The highest BCUT2D eigenvalue weighted by Gasteiger charge is 2.19. The summed E-state index contributed by atoms with van der Waals surface area (Å²) in [5.41, 5.74) is 8.26. The smallest absolute Gasteiger partial charge is 0.0948 e. The van der Waals surface area contributed by atoms with Crippen molar-refractivity contribution in [3.8, 4) is 0 Å². The summed E-state index contributed by atoms with van der Waals surface area (Å²) in [7, 11) is 0. The summed E-state index contributed by atoms with van der Waals surface area (Å²) in [6.45, 7) is 2.14. The quantitative estimate of drug-likeness (QED) is 0.788. The van der Waals surface area contributed by atoms with Gasteiger partial charge in [-0.3, -0.25) is 5.43 Å². The average molecular weight is 222 g/mol. The fraction of sp³-hybridized carbons (Fsp3) is 0.133. The SMILES string of the molecule is Cc1ccccc1C1NN=Cc2ccccc21. The summed E-state index contributed by atoms with van der Waals surface area (Å²) < 4.78 is 0. The van der Waals surface area contributed by atoms with Crippen molar-refractivity contribution in [2.24, 2.45) is 5.10 Å². The van der Waals surface area contributed by atoms with Gasteiger partial charge in [0.15, 0.2) is 0 Å². The van der Waals surface area contributed by atoms with E-state index in [-0.39, 0.29) is 6.04 Å². The van der Waals surface area contributed by atoms with Gasteiger partial charge >= 0.3 is 0 Å². The fourth-order valence-electron chi connectivity index (χ4n) is 2.29. The predicted octanol–water partition coefficient (Wildman–Crippen LogP) is 3.02. The Labute approximate surface area is 101 Å². The van der Waals surface area contributed by atoms with Gasteiger partial charge in [0.2, 0.25) is 0 Å². The maximum Gasteiger partial charge on any atom is 0.0948 e. The first-order valence-corrected chi connectivity index (χ1v) is 5.79. The zero-order valence-electron chi connectivity index (χ0n) is 9.72. The lowest BCUT2D eigenvalue weighted by Crippen LogP contribution is -2.23. The minimum Gasteiger partial charge on any atom is -0.298 e. The van der Waals surface area contributed by atoms with Crippen LogP contribution in [0.1, 0.15) is 28.3 Å². The molecule has 0 saturated heterocycles. The normalized spacial score (nSPS) is 17.4. The van der Waals surface area contributed by atoms with Crippen LogP contribution in [0.25, 0.3) is 0 Å². The zero-order valence-corrected chi connectivity index (χ0v) is 9.72. The van der Waals surface area contributed by atoms with Crippen molar-refractivity contribution in [1.82, 2.24) is 5.43 Å². The van der Waals surface area contributed by atoms with Gasteiger partial charge < -0.3 is 0 Å². The molecule has 0 amide bonds. The summed E-state index contributed by atoms with van der Waals surface area (Å²) in [5, 5.41) is 4.24. The van der Waals surface area contributed by atoms with E-state index >= 15 is 0 Å². The summed E-state index contributed by atoms with van der Waals surface area (Å²) in [6, 6.07) is 17.0. The van der Waals surface area contributed by atoms with E-state index < -0.39 is 0 Å². The monoisotopic (exact) mass is 222 g/mol. The summed E-state index contributed by atoms with van der Waals surface area (Å²) in [5.74, 6) is 0. The number of nitrogens with one attached hydrogen (secondary N) is 1. The number of fused-ring (bicyclic) bond motifs is 1. The van der Waals surface area contributed by atoms with Crippen LogP contribution in [-0.2, 0) is 0 Å². The van der Waals surface area contributed by atoms with Crippen LogP contribution in [0.15, 0.2) is 53.6 Å². The molecule has 1 aliphatic rings. The van der Waals surface area contributed by atoms with E-state index in [1.54, 1.807) is 0 Å². The van der Waals surface area contributed by atoms with Gasteiger partial charge in [0, 0.05) is 5.56 Å². The van der Waals surface area contributed by atoms with Crippen molar-refractivity contribution in [3.63, 3.8) is 0 Å². The Hall–Kier alpha value is -2.09. The van der Waals surface area contributed by atoms with Crippen LogP contribution in [0.2, 0.25) is 0 Å². The second-order valence-corrected chi connectivity index (χ2v) is 4.31. The molecule has 0 fully saturated rings. The minimum atomic E-state index is 0.164. The zero-order chi connectivity index (χ0) is 11.7. The molecule has 0 aromatic heterocycles. The molecule has 0 saturated carbocycles. The fourth-order valence-corrected chi connectivity index (χ4v) is 2.29. The minimum absolute atomic E-state index is 0.164. The number of hydrazone groups is 1. The van der Waals surface area contributed by atoms with Crippen molar-refractivity contribution in [2.45, 2.75) is 13.0 Å². The lowest BCUT2D eigenvalue weighted by molar-refractivity contribution is 0.628. The molecule has 84 valence electrons. The van der Waals surface area contributed by atoms with Crippen LogP contribution in [0.3, 0.4) is 0 Å². The second kappa shape index (κ2) is 4.06. The van der Waals surface area contributed by atoms with Gasteiger partial charge in [0.1, 0.15) is 0 Å². The summed E-state index contributed by atoms with van der Waals surface area (Å²) in [4.78, 5) is 0. The van der Waals surface area contributed by atoms with E-state index in [4.69, 9.17) is 0 Å². The first kappa shape index (κ1) is 10.1. The van der Waals surface area contributed by atoms with Crippen LogP contribution in [0.5, 0.6) is 0 Å². The molecular weight excluding hydrogens is 208 g/mol. The third-order valence-corrected chi connectivity index (χ3v) is 3.21. The molecule has 3 rings (SSSR count). The lowest BCUT2D eigenvalue weighted by Gasteiger charge is -2.24. The molecule has 1 N–H and O–H groups in total. The number of nitrogens with zero attached hydrogens (tertiary/aromatic N) is 1. The number of hydrogen-bond donors (Lipinski definition) is 1. The topological polar surface area (TPSA) is 24.4 Å². The highest BCUT2D eigenvalue weighted by Crippen LogP contribution is 2.28. The Bertz CT molecular complexity index is 573. The van der Waals surface area contributed by atoms with Crippen LogP contribution in [-0.4, -0.2) is 6.21 Å². The largest absolute Gasteiger partial charge is 0.298 e. The molecular formula is C15H14N2. The number of aryl methyl sites for hydroxylation is 1. The van der Waals surface area contributed by atoms with E-state index in [1.807, 2.05) is 12.3 Å². The van der Waals surface area contributed by atoms with Crippen LogP contribution >= 0.6 is 0 Å². The molecule has 2 aromatic carbocycles. The molecule has 2 nitrogen and oxygen atoms in total. The molecule has 1 heterocycles. The molecule has 0 radical (unpaired) electrons. The van der Waals surface area contributed by atoms with Gasteiger partial charge in [-0.1, -0.05) is 48.5 Å². The van der Waals surface area contributed by atoms with Crippen molar-refractivity contribution >= 4 is 6.21 Å². The van der Waals surface area contributed by atoms with E-state index in [0.29, 0.717) is 0 Å². The van der Waals surface area contributed by atoms with Crippen molar-refractivity contribution in [1.29, 1.82) is 0 Å². The lowest BCUT2D eigenvalue weighted by atomic mass is 9.92. The van der Waals surface area contributed by atoms with Gasteiger partial charge in [-0.25, -0.2) is 0 Å². The van der Waals surface area contributed by atoms with Crippen molar-refractivity contribution in [2.75, 3.05) is 0 Å². The summed E-state index contributed by atoms with van der Waals surface area (Å²) >= 11 is 0. The maximum atomic E-state index is 4.24. The van der Waals surface area contributed by atoms with E-state index in [1.165, 1.54) is 22.3 Å². The van der Waals surface area contributed by atoms with Gasteiger partial charge in [0.05, 0.1) is 12.3 Å². The van der Waals surface area contributed by atoms with Crippen LogP contribution in [0, 0.1) is 6.92 Å². The first-order valence-electron chi connectivity index (χ1n) is 5.79. The Balaban J connectivity index is 2.12. The van der Waals surface area contributed by atoms with E-state index in [0.717, 1.165) is 0 Å². The van der Waals surface area contributed by atoms with Crippen LogP contribution in [0.4, 0.5) is 0 Å². The number of benzene rings is 2. The van der Waals surface area contributed by atoms with E-state index in [2.05, 4.69) is 59.9 Å². The first-order chi connectivity index (χ1) is 8.36. The van der Waals surface area contributed by atoms with Crippen LogP contribution < -0.4 is 5.43 Å². The van der Waals surface area contributed by atoms with Gasteiger partial charge in [0.25, 0.3) is 0 Å². The van der Waals surface area contributed by atoms with Gasteiger partial charge in [-0.15, -0.1) is 0 Å². The Kier molecular flexibility index (Phi) is 2.41. The Morgan fingerprint density at radius 1 is 0.941 bits per heavy atom. The Morgan fingerprint density at radius 3 is 2.47 bits per heavy atom. The molecule has 0 spiro atoms. The molecule has 1 aliphatic heterocycles. The number of hydrogen-bond acceptors (Lipinski definition) is 2. The molecule has 2 heteroatoms. The highest BCUT2D eigenvalue weighted by atomic mass is 15.3. The Morgan fingerprint density at radius 2 is 1.65 bits per heavy atom. The third-order valence-electron chi connectivity index (χ3n) is 3.21. The maximum absolute atomic E-state index is 4.24. The molecule has 0 bridgehead atoms. The molecule has 17 heavy (non-hydrogen) atoms. The third kappa shape index (κ3) is 1.72. The molecule has 0 aliphatic carbocycles. The molecule has 1 atom stereocenters.